The van der Waals surface area contributed by atoms with Crippen molar-refractivity contribution in [2.45, 2.75) is 19.5 Å². The molecule has 0 aliphatic heterocycles. The molecule has 0 heterocycles. The molecule has 0 radical (unpaired) electrons. The van der Waals surface area contributed by atoms with Crippen molar-refractivity contribution in [1.82, 2.24) is 21.0 Å². The van der Waals surface area contributed by atoms with Gasteiger partial charge in [0.15, 0.2) is 0 Å². The average molecular weight is 479 g/mol. The molecule has 2 amide bonds. The summed E-state index contributed by atoms with van der Waals surface area (Å²) in [6.45, 7) is 5.83. The summed E-state index contributed by atoms with van der Waals surface area (Å²) >= 11 is 0. The van der Waals surface area contributed by atoms with Crippen LogP contribution >= 0.6 is 0 Å². The Bertz CT molecular complexity index is 1020. The number of carbonyl (C=O) groups is 2. The van der Waals surface area contributed by atoms with Crippen LogP contribution in [0.3, 0.4) is 0 Å². The first-order valence-corrected chi connectivity index (χ1v) is 11.5. The first kappa shape index (κ1) is 27.8. The van der Waals surface area contributed by atoms with Crippen molar-refractivity contribution in [2.24, 2.45) is 0 Å². The summed E-state index contributed by atoms with van der Waals surface area (Å²) in [5, 5.41) is 14.2. The number of carbonyl (C=O) groups excluding carboxylic acids is 2. The second kappa shape index (κ2) is 15.4. The number of benzene rings is 2. The van der Waals surface area contributed by atoms with E-state index in [4.69, 9.17) is 9.94 Å². The molecule has 186 valence electrons. The van der Waals surface area contributed by atoms with Crippen LogP contribution in [0, 0.1) is 11.8 Å². The van der Waals surface area contributed by atoms with E-state index in [1.165, 1.54) is 5.56 Å². The Morgan fingerprint density at radius 3 is 2.46 bits per heavy atom. The SMILES string of the molecule is CCN(CCOC)Cc1ccc(/C=C/C#Cc2ccc(C(=O)N[C@@H](CNC)C(=O)NO)cc2)cc1. The third-order valence-corrected chi connectivity index (χ3v) is 5.31. The van der Waals surface area contributed by atoms with Crippen molar-refractivity contribution in [3.05, 3.63) is 76.9 Å². The van der Waals surface area contributed by atoms with E-state index in [0.29, 0.717) is 5.56 Å². The minimum Gasteiger partial charge on any atom is -0.383 e. The standard InChI is InChI=1S/C27H34N4O4/c1-4-31(17-18-35-3)20-23-11-9-21(10-12-23)7-5-6-8-22-13-15-24(16-14-22)26(32)29-25(19-28-2)27(33)30-34/h5,7,9-16,25,28,34H,4,17-20H2,1-3H3,(H,29,32)(H,30,33)/b7-5+/t25-/m0/s1. The summed E-state index contributed by atoms with van der Waals surface area (Å²) in [7, 11) is 3.36. The Kier molecular flexibility index (Phi) is 12.2. The maximum absolute atomic E-state index is 12.4. The zero-order chi connectivity index (χ0) is 25.5. The molecular formula is C27H34N4O4. The van der Waals surface area contributed by atoms with Gasteiger partial charge in [-0.05, 0) is 61.1 Å². The van der Waals surface area contributed by atoms with Gasteiger partial charge in [0, 0.05) is 37.9 Å². The number of nitrogens with one attached hydrogen (secondary N) is 3. The van der Waals surface area contributed by atoms with E-state index in [1.54, 1.807) is 50.0 Å². The van der Waals surface area contributed by atoms with Crippen LogP contribution in [-0.2, 0) is 16.1 Å². The van der Waals surface area contributed by atoms with E-state index in [-0.39, 0.29) is 6.54 Å². The predicted octanol–water partition coefficient (Wildman–Crippen LogP) is 2.04. The van der Waals surface area contributed by atoms with Gasteiger partial charge in [0.25, 0.3) is 11.8 Å². The topological polar surface area (TPSA) is 103 Å². The van der Waals surface area contributed by atoms with Gasteiger partial charge in [-0.1, -0.05) is 43.0 Å². The van der Waals surface area contributed by atoms with Gasteiger partial charge in [0.2, 0.25) is 0 Å². The van der Waals surface area contributed by atoms with Crippen LogP contribution < -0.4 is 16.1 Å². The van der Waals surface area contributed by atoms with Gasteiger partial charge in [-0.25, -0.2) is 5.48 Å². The Morgan fingerprint density at radius 1 is 1.14 bits per heavy atom. The molecule has 0 bridgehead atoms. The zero-order valence-electron chi connectivity index (χ0n) is 20.5. The maximum Gasteiger partial charge on any atom is 0.267 e. The highest BCUT2D eigenvalue weighted by Crippen LogP contribution is 2.09. The van der Waals surface area contributed by atoms with Crippen molar-refractivity contribution < 1.29 is 19.5 Å². The summed E-state index contributed by atoms with van der Waals surface area (Å²) in [5.41, 5.74) is 5.02. The monoisotopic (exact) mass is 478 g/mol. The molecule has 0 aliphatic rings. The van der Waals surface area contributed by atoms with E-state index < -0.39 is 17.9 Å². The Labute approximate surface area is 207 Å². The van der Waals surface area contributed by atoms with Gasteiger partial charge in [-0.15, -0.1) is 0 Å². The van der Waals surface area contributed by atoms with Crippen LogP contribution in [0.25, 0.3) is 6.08 Å². The number of methoxy groups -OCH3 is 1. The molecule has 2 aromatic carbocycles. The number of likely N-dealkylation sites (N-methyl/N-ethyl adjacent to an activating group) is 2. The number of rotatable bonds is 12. The van der Waals surface area contributed by atoms with Crippen LogP contribution in [0.2, 0.25) is 0 Å². The van der Waals surface area contributed by atoms with Gasteiger partial charge < -0.3 is 15.4 Å². The lowest BCUT2D eigenvalue weighted by Crippen LogP contribution is -2.50. The minimum absolute atomic E-state index is 0.183. The van der Waals surface area contributed by atoms with Crippen molar-refractivity contribution in [3.8, 4) is 11.8 Å². The predicted molar refractivity (Wildman–Crippen MR) is 137 cm³/mol. The van der Waals surface area contributed by atoms with E-state index in [1.807, 2.05) is 6.08 Å². The van der Waals surface area contributed by atoms with E-state index in [9.17, 15) is 9.59 Å². The molecule has 0 spiro atoms. The van der Waals surface area contributed by atoms with Crippen molar-refractivity contribution >= 4 is 17.9 Å². The number of nitrogens with zero attached hydrogens (tertiary/aromatic N) is 1. The molecule has 4 N–H and O–H groups in total. The summed E-state index contributed by atoms with van der Waals surface area (Å²) in [6, 6.07) is 14.3. The normalized spacial score (nSPS) is 11.7. The van der Waals surface area contributed by atoms with Crippen LogP contribution in [0.1, 0.15) is 34.0 Å². The van der Waals surface area contributed by atoms with Crippen LogP contribution in [0.4, 0.5) is 0 Å². The Hall–Kier alpha value is -3.48. The molecule has 0 aliphatic carbocycles. The highest BCUT2D eigenvalue weighted by atomic mass is 16.5. The largest absolute Gasteiger partial charge is 0.383 e. The molecule has 0 saturated carbocycles. The molecule has 8 nitrogen and oxygen atoms in total. The molecule has 0 fully saturated rings. The smallest absolute Gasteiger partial charge is 0.267 e. The van der Waals surface area contributed by atoms with E-state index >= 15 is 0 Å². The third-order valence-electron chi connectivity index (χ3n) is 5.31. The summed E-state index contributed by atoms with van der Waals surface area (Å²) in [5.74, 6) is 4.94. The van der Waals surface area contributed by atoms with Crippen LogP contribution in [0.5, 0.6) is 0 Å². The molecule has 2 rings (SSSR count). The van der Waals surface area contributed by atoms with Crippen LogP contribution in [0.15, 0.2) is 54.6 Å². The fraction of sp³-hybridized carbons (Fsp3) is 0.333. The van der Waals surface area contributed by atoms with Gasteiger partial charge in [-0.2, -0.15) is 0 Å². The van der Waals surface area contributed by atoms with Crippen LogP contribution in [-0.4, -0.2) is 68.4 Å². The van der Waals surface area contributed by atoms with E-state index in [0.717, 1.165) is 37.4 Å². The third kappa shape index (κ3) is 9.73. The maximum atomic E-state index is 12.4. The van der Waals surface area contributed by atoms with Gasteiger partial charge in [-0.3, -0.25) is 19.7 Å². The Morgan fingerprint density at radius 2 is 1.86 bits per heavy atom. The van der Waals surface area contributed by atoms with E-state index in [2.05, 4.69) is 58.6 Å². The van der Waals surface area contributed by atoms with Gasteiger partial charge in [0.1, 0.15) is 6.04 Å². The lowest BCUT2D eigenvalue weighted by molar-refractivity contribution is -0.131. The van der Waals surface area contributed by atoms with Crippen molar-refractivity contribution in [3.63, 3.8) is 0 Å². The highest BCUT2D eigenvalue weighted by Gasteiger charge is 2.20. The minimum atomic E-state index is -0.891. The molecule has 2 aromatic rings. The fourth-order valence-electron chi connectivity index (χ4n) is 3.26. The second-order valence-corrected chi connectivity index (χ2v) is 7.84. The molecular weight excluding hydrogens is 444 g/mol. The van der Waals surface area contributed by atoms with Crippen molar-refractivity contribution in [1.29, 1.82) is 0 Å². The number of hydrogen-bond acceptors (Lipinski definition) is 6. The summed E-state index contributed by atoms with van der Waals surface area (Å²) < 4.78 is 5.16. The summed E-state index contributed by atoms with van der Waals surface area (Å²) in [6.07, 6.45) is 3.75. The van der Waals surface area contributed by atoms with Crippen molar-refractivity contribution in [2.75, 3.05) is 40.4 Å². The lowest BCUT2D eigenvalue weighted by atomic mass is 10.1. The number of ether oxygens (including phenoxy) is 1. The average Bonchev–Trinajstić information content (AvgIpc) is 2.89. The molecule has 0 unspecified atom stereocenters. The zero-order valence-corrected chi connectivity index (χ0v) is 20.5. The highest BCUT2D eigenvalue weighted by molar-refractivity contribution is 5.97. The quantitative estimate of drug-likeness (QED) is 0.212. The second-order valence-electron chi connectivity index (χ2n) is 7.84. The molecule has 35 heavy (non-hydrogen) atoms. The molecule has 0 saturated heterocycles. The lowest BCUT2D eigenvalue weighted by Gasteiger charge is -2.19. The van der Waals surface area contributed by atoms with Gasteiger partial charge in [0.05, 0.1) is 6.61 Å². The Balaban J connectivity index is 1.91. The first-order valence-electron chi connectivity index (χ1n) is 11.5. The molecule has 0 aromatic heterocycles. The number of hydroxylamine groups is 1. The van der Waals surface area contributed by atoms with Gasteiger partial charge >= 0.3 is 0 Å². The molecule has 8 heteroatoms. The summed E-state index contributed by atoms with van der Waals surface area (Å²) in [4.78, 5) is 26.3. The number of hydrogen-bond donors (Lipinski definition) is 4. The fourth-order valence-corrected chi connectivity index (χ4v) is 3.26. The number of allylic oxidation sites excluding steroid dienone is 1. The molecule has 1 atom stereocenters. The number of amides is 2. The first-order chi connectivity index (χ1) is 17.0.